The maximum absolute atomic E-state index is 12.8. The van der Waals surface area contributed by atoms with E-state index in [1.807, 2.05) is 0 Å². The van der Waals surface area contributed by atoms with E-state index in [1.54, 1.807) is 6.92 Å². The van der Waals surface area contributed by atoms with Crippen molar-refractivity contribution in [1.29, 1.82) is 0 Å². The molecular formula is C16H13ClF3N5O2. The smallest absolute Gasteiger partial charge is 0.382 e. The molecule has 0 unspecified atom stereocenters. The van der Waals surface area contributed by atoms with Crippen molar-refractivity contribution in [2.75, 3.05) is 11.9 Å². The summed E-state index contributed by atoms with van der Waals surface area (Å²) in [5.74, 6) is 0.926. The second-order valence-electron chi connectivity index (χ2n) is 5.55. The van der Waals surface area contributed by atoms with Gasteiger partial charge in [0.1, 0.15) is 5.02 Å². The van der Waals surface area contributed by atoms with Crippen LogP contribution in [0.3, 0.4) is 0 Å². The van der Waals surface area contributed by atoms with Crippen molar-refractivity contribution in [2.24, 2.45) is 0 Å². The number of aromatic nitrogens is 4. The van der Waals surface area contributed by atoms with Gasteiger partial charge in [0.2, 0.25) is 5.89 Å². The largest absolute Gasteiger partial charge is 0.416 e. The molecule has 0 aliphatic carbocycles. The molecule has 3 rings (SSSR count). The molecule has 0 radical (unpaired) electrons. The first-order valence-electron chi connectivity index (χ1n) is 7.74. The van der Waals surface area contributed by atoms with E-state index >= 15 is 0 Å². The van der Waals surface area contributed by atoms with Gasteiger partial charge in [0.25, 0.3) is 5.56 Å². The fourth-order valence-electron chi connectivity index (χ4n) is 2.30. The van der Waals surface area contributed by atoms with Gasteiger partial charge in [0.05, 0.1) is 23.1 Å². The van der Waals surface area contributed by atoms with E-state index in [-0.39, 0.29) is 16.4 Å². The molecule has 3 aromatic rings. The van der Waals surface area contributed by atoms with Gasteiger partial charge in [-0.05, 0) is 25.1 Å². The van der Waals surface area contributed by atoms with Crippen LogP contribution in [-0.4, -0.2) is 26.5 Å². The van der Waals surface area contributed by atoms with E-state index in [4.69, 9.17) is 16.1 Å². The van der Waals surface area contributed by atoms with Crippen LogP contribution in [0.2, 0.25) is 5.02 Å². The third-order valence-electron chi connectivity index (χ3n) is 3.56. The van der Waals surface area contributed by atoms with E-state index in [0.29, 0.717) is 24.7 Å². The van der Waals surface area contributed by atoms with Crippen LogP contribution in [0.5, 0.6) is 0 Å². The Kier molecular flexibility index (Phi) is 5.17. The normalized spacial score (nSPS) is 11.6. The average molecular weight is 400 g/mol. The van der Waals surface area contributed by atoms with E-state index in [2.05, 4.69) is 20.6 Å². The van der Waals surface area contributed by atoms with Gasteiger partial charge >= 0.3 is 6.18 Å². The molecule has 142 valence electrons. The molecule has 27 heavy (non-hydrogen) atoms. The summed E-state index contributed by atoms with van der Waals surface area (Å²) in [6.07, 6.45) is -2.87. The fourth-order valence-corrected chi connectivity index (χ4v) is 2.50. The Morgan fingerprint density at radius 3 is 2.78 bits per heavy atom. The van der Waals surface area contributed by atoms with Gasteiger partial charge in [-0.25, -0.2) is 0 Å². The van der Waals surface area contributed by atoms with E-state index in [1.165, 1.54) is 18.3 Å². The minimum absolute atomic E-state index is 0.0374. The number of nitrogens with one attached hydrogen (secondary N) is 1. The van der Waals surface area contributed by atoms with Gasteiger partial charge in [0.15, 0.2) is 5.82 Å². The lowest BCUT2D eigenvalue weighted by atomic mass is 10.2. The SMILES string of the molecule is Cc1noc(CCNc2cnn(-c3cccc(C(F)(F)F)c3)c(=O)c2Cl)n1. The number of alkyl halides is 3. The number of anilines is 1. The van der Waals surface area contributed by atoms with Gasteiger partial charge in [-0.2, -0.15) is 27.9 Å². The first-order valence-corrected chi connectivity index (χ1v) is 8.12. The highest BCUT2D eigenvalue weighted by atomic mass is 35.5. The zero-order chi connectivity index (χ0) is 19.6. The highest BCUT2D eigenvalue weighted by Crippen LogP contribution is 2.30. The molecule has 1 N–H and O–H groups in total. The second-order valence-corrected chi connectivity index (χ2v) is 5.93. The van der Waals surface area contributed by atoms with Crippen LogP contribution >= 0.6 is 11.6 Å². The minimum Gasteiger partial charge on any atom is -0.382 e. The van der Waals surface area contributed by atoms with Gasteiger partial charge < -0.3 is 9.84 Å². The quantitative estimate of drug-likeness (QED) is 0.708. The van der Waals surface area contributed by atoms with Gasteiger partial charge in [-0.15, -0.1) is 0 Å². The van der Waals surface area contributed by atoms with Gasteiger partial charge in [0, 0.05) is 13.0 Å². The Balaban J connectivity index is 1.80. The van der Waals surface area contributed by atoms with Crippen LogP contribution in [0, 0.1) is 6.92 Å². The van der Waals surface area contributed by atoms with Crippen molar-refractivity contribution in [3.8, 4) is 5.69 Å². The summed E-state index contributed by atoms with van der Waals surface area (Å²) in [6.45, 7) is 2.03. The fraction of sp³-hybridized carbons (Fsp3) is 0.250. The highest BCUT2D eigenvalue weighted by Gasteiger charge is 2.30. The number of aryl methyl sites for hydroxylation is 1. The molecule has 0 spiro atoms. The third kappa shape index (κ3) is 4.27. The molecule has 2 aromatic heterocycles. The topological polar surface area (TPSA) is 85.8 Å². The zero-order valence-electron chi connectivity index (χ0n) is 13.9. The predicted molar refractivity (Wildman–Crippen MR) is 91.1 cm³/mol. The van der Waals surface area contributed by atoms with Crippen molar-refractivity contribution in [3.05, 3.63) is 63.1 Å². The Morgan fingerprint density at radius 2 is 2.11 bits per heavy atom. The molecule has 2 heterocycles. The Hall–Kier alpha value is -2.88. The average Bonchev–Trinajstić information content (AvgIpc) is 3.03. The molecular weight excluding hydrogens is 387 g/mol. The number of rotatable bonds is 5. The van der Waals surface area contributed by atoms with Crippen molar-refractivity contribution < 1.29 is 17.7 Å². The van der Waals surface area contributed by atoms with Crippen molar-refractivity contribution >= 4 is 17.3 Å². The zero-order valence-corrected chi connectivity index (χ0v) is 14.7. The molecule has 0 aliphatic rings. The number of benzene rings is 1. The Bertz CT molecular complexity index is 1020. The molecule has 1 aromatic carbocycles. The summed E-state index contributed by atoms with van der Waals surface area (Å²) in [5.41, 5.74) is -1.41. The van der Waals surface area contributed by atoms with Crippen LogP contribution in [0.15, 0.2) is 39.8 Å². The molecule has 0 saturated carbocycles. The van der Waals surface area contributed by atoms with Crippen LogP contribution in [0.1, 0.15) is 17.3 Å². The number of hydrogen-bond acceptors (Lipinski definition) is 6. The summed E-state index contributed by atoms with van der Waals surface area (Å²) < 4.78 is 44.3. The molecule has 0 amide bonds. The minimum atomic E-state index is -4.53. The highest BCUT2D eigenvalue weighted by molar-refractivity contribution is 6.32. The summed E-state index contributed by atoms with van der Waals surface area (Å²) in [7, 11) is 0. The Labute approximate surface area is 155 Å². The lowest BCUT2D eigenvalue weighted by molar-refractivity contribution is -0.137. The molecule has 0 fully saturated rings. The monoisotopic (exact) mass is 399 g/mol. The first-order chi connectivity index (χ1) is 12.8. The van der Waals surface area contributed by atoms with Crippen molar-refractivity contribution in [2.45, 2.75) is 19.5 Å². The summed E-state index contributed by atoms with van der Waals surface area (Å²) in [5, 5.41) is 10.3. The van der Waals surface area contributed by atoms with Crippen LogP contribution in [-0.2, 0) is 12.6 Å². The van der Waals surface area contributed by atoms with Gasteiger partial charge in [-0.1, -0.05) is 22.8 Å². The van der Waals surface area contributed by atoms with E-state index in [0.717, 1.165) is 16.8 Å². The van der Waals surface area contributed by atoms with Crippen molar-refractivity contribution in [3.63, 3.8) is 0 Å². The summed E-state index contributed by atoms with van der Waals surface area (Å²) in [4.78, 5) is 16.4. The molecule has 0 bridgehead atoms. The van der Waals surface area contributed by atoms with Crippen LogP contribution < -0.4 is 10.9 Å². The molecule has 11 heteroatoms. The Morgan fingerprint density at radius 1 is 1.33 bits per heavy atom. The van der Waals surface area contributed by atoms with E-state index in [9.17, 15) is 18.0 Å². The summed E-state index contributed by atoms with van der Waals surface area (Å²) >= 11 is 6.05. The van der Waals surface area contributed by atoms with Crippen LogP contribution in [0.25, 0.3) is 5.69 Å². The maximum Gasteiger partial charge on any atom is 0.416 e. The summed E-state index contributed by atoms with van der Waals surface area (Å²) in [6, 6.07) is 4.27. The molecule has 0 saturated heterocycles. The predicted octanol–water partition coefficient (Wildman–Crippen LogP) is 3.25. The lowest BCUT2D eigenvalue weighted by Gasteiger charge is -2.11. The number of hydrogen-bond donors (Lipinski definition) is 1. The molecule has 0 aliphatic heterocycles. The maximum atomic E-state index is 12.8. The molecule has 0 atom stereocenters. The van der Waals surface area contributed by atoms with Gasteiger partial charge in [-0.3, -0.25) is 4.79 Å². The number of halogens is 4. The molecule has 7 nitrogen and oxygen atoms in total. The van der Waals surface area contributed by atoms with Crippen LogP contribution in [0.4, 0.5) is 18.9 Å². The van der Waals surface area contributed by atoms with Crippen molar-refractivity contribution in [1.82, 2.24) is 19.9 Å². The number of nitrogens with zero attached hydrogens (tertiary/aromatic N) is 4. The first kappa shape index (κ1) is 18.9. The second kappa shape index (κ2) is 7.39. The van der Waals surface area contributed by atoms with E-state index < -0.39 is 17.3 Å². The lowest BCUT2D eigenvalue weighted by Crippen LogP contribution is -2.23. The standard InChI is InChI=1S/C16H13ClF3N5O2/c1-9-23-13(27-24-9)5-6-21-12-8-22-25(15(26)14(12)17)11-4-2-3-10(7-11)16(18,19)20/h2-4,7-8,21H,5-6H2,1H3. The third-order valence-corrected chi connectivity index (χ3v) is 3.93.